The molecule has 0 aliphatic rings. The summed E-state index contributed by atoms with van der Waals surface area (Å²) in [5.41, 5.74) is 0.114. The van der Waals surface area contributed by atoms with Crippen molar-refractivity contribution in [3.05, 3.63) is 41.7 Å². The van der Waals surface area contributed by atoms with Gasteiger partial charge in [-0.05, 0) is 12.1 Å². The number of aliphatic hydroxyl groups excluding tert-OH is 1. The van der Waals surface area contributed by atoms with Gasteiger partial charge in [-0.25, -0.2) is 18.2 Å². The molecule has 0 aliphatic carbocycles. The van der Waals surface area contributed by atoms with Crippen molar-refractivity contribution < 1.29 is 22.7 Å². The Balaban J connectivity index is 2.57. The van der Waals surface area contributed by atoms with Gasteiger partial charge < -0.3 is 9.52 Å². The van der Waals surface area contributed by atoms with Gasteiger partial charge in [-0.1, -0.05) is 0 Å². The Hall–Kier alpha value is -1.82. The van der Waals surface area contributed by atoms with Crippen LogP contribution in [0.25, 0.3) is 11.3 Å². The zero-order valence-corrected chi connectivity index (χ0v) is 7.88. The van der Waals surface area contributed by atoms with Gasteiger partial charge in [0.25, 0.3) is 0 Å². The molecule has 2 rings (SSSR count). The first-order valence-corrected chi connectivity index (χ1v) is 4.31. The number of hydrogen-bond donors (Lipinski definition) is 1. The molecule has 0 atom stereocenters. The Kier molecular flexibility index (Phi) is 2.66. The molecule has 3 nitrogen and oxygen atoms in total. The minimum absolute atomic E-state index is 0.0142. The van der Waals surface area contributed by atoms with Crippen LogP contribution in [0.3, 0.4) is 0 Å². The monoisotopic (exact) mass is 229 g/mol. The molecule has 1 aromatic heterocycles. The average Bonchev–Trinajstić information content (AvgIpc) is 2.73. The van der Waals surface area contributed by atoms with E-state index in [0.717, 1.165) is 18.5 Å². The van der Waals surface area contributed by atoms with Crippen LogP contribution in [0.4, 0.5) is 13.2 Å². The fraction of sp³-hybridized carbons (Fsp3) is 0.100. The molecule has 84 valence electrons. The third-order valence-electron chi connectivity index (χ3n) is 2.04. The summed E-state index contributed by atoms with van der Waals surface area (Å²) in [7, 11) is 0. The second kappa shape index (κ2) is 3.97. The number of aromatic nitrogens is 1. The quantitative estimate of drug-likeness (QED) is 0.803. The third-order valence-corrected chi connectivity index (χ3v) is 2.04. The molecule has 1 aromatic carbocycles. The maximum Gasteiger partial charge on any atom is 0.194 e. The maximum absolute atomic E-state index is 12.9. The van der Waals surface area contributed by atoms with E-state index in [1.54, 1.807) is 0 Å². The van der Waals surface area contributed by atoms with Crippen LogP contribution in [-0.4, -0.2) is 10.1 Å². The molecule has 0 spiro atoms. The lowest BCUT2D eigenvalue weighted by molar-refractivity contribution is 0.277. The number of benzene rings is 1. The molecule has 0 saturated carbocycles. The predicted molar refractivity (Wildman–Crippen MR) is 47.7 cm³/mol. The molecule has 16 heavy (non-hydrogen) atoms. The normalized spacial score (nSPS) is 10.8. The number of hydrogen-bond acceptors (Lipinski definition) is 3. The minimum atomic E-state index is -1.55. The Morgan fingerprint density at radius 2 is 1.81 bits per heavy atom. The molecule has 0 unspecified atom stereocenters. The first kappa shape index (κ1) is 10.7. The van der Waals surface area contributed by atoms with Gasteiger partial charge in [-0.2, -0.15) is 0 Å². The summed E-state index contributed by atoms with van der Waals surface area (Å²) in [6, 6.07) is 1.55. The second-order valence-electron chi connectivity index (χ2n) is 3.04. The first-order valence-electron chi connectivity index (χ1n) is 4.31. The van der Waals surface area contributed by atoms with Gasteiger partial charge in [0, 0.05) is 5.56 Å². The molecule has 0 amide bonds. The Labute approximate surface area is 88.2 Å². The number of nitrogens with zero attached hydrogens (tertiary/aromatic N) is 1. The number of rotatable bonds is 2. The molecule has 0 radical (unpaired) electrons. The SMILES string of the molecule is OCc1ncoc1-c1cc(F)c(F)c(F)c1. The zero-order valence-electron chi connectivity index (χ0n) is 7.88. The van der Waals surface area contributed by atoms with Crippen LogP contribution in [0, 0.1) is 17.5 Å². The van der Waals surface area contributed by atoms with Gasteiger partial charge in [-0.15, -0.1) is 0 Å². The third kappa shape index (κ3) is 1.67. The zero-order chi connectivity index (χ0) is 11.7. The van der Waals surface area contributed by atoms with Gasteiger partial charge in [-0.3, -0.25) is 0 Å². The van der Waals surface area contributed by atoms with Gasteiger partial charge in [0.2, 0.25) is 0 Å². The Morgan fingerprint density at radius 1 is 1.19 bits per heavy atom. The highest BCUT2D eigenvalue weighted by molar-refractivity contribution is 5.59. The van der Waals surface area contributed by atoms with E-state index >= 15 is 0 Å². The second-order valence-corrected chi connectivity index (χ2v) is 3.04. The number of oxazole rings is 1. The number of halogens is 3. The summed E-state index contributed by atoms with van der Waals surface area (Å²) in [6.07, 6.45) is 1.03. The molecular formula is C10H6F3NO2. The maximum atomic E-state index is 12.9. The first-order chi connectivity index (χ1) is 7.63. The van der Waals surface area contributed by atoms with Crippen molar-refractivity contribution in [2.45, 2.75) is 6.61 Å². The lowest BCUT2D eigenvalue weighted by atomic mass is 10.1. The molecule has 1 N–H and O–H groups in total. The molecule has 0 bridgehead atoms. The minimum Gasteiger partial charge on any atom is -0.443 e. The predicted octanol–water partition coefficient (Wildman–Crippen LogP) is 2.25. The molecule has 0 saturated heterocycles. The molecule has 6 heteroatoms. The van der Waals surface area contributed by atoms with E-state index in [1.165, 1.54) is 0 Å². The standard InChI is InChI=1S/C10H6F3NO2/c11-6-1-5(2-7(12)9(6)13)10-8(3-15)14-4-16-10/h1-2,4,15H,3H2. The summed E-state index contributed by atoms with van der Waals surface area (Å²) in [5.74, 6) is -4.18. The molecule has 0 aliphatic heterocycles. The van der Waals surface area contributed by atoms with E-state index in [0.29, 0.717) is 0 Å². The van der Waals surface area contributed by atoms with Gasteiger partial charge in [0.05, 0.1) is 6.61 Å². The van der Waals surface area contributed by atoms with E-state index in [1.807, 2.05) is 0 Å². The summed E-state index contributed by atoms with van der Waals surface area (Å²) in [6.45, 7) is -0.438. The molecule has 1 heterocycles. The lowest BCUT2D eigenvalue weighted by Gasteiger charge is -2.01. The topological polar surface area (TPSA) is 46.3 Å². The van der Waals surface area contributed by atoms with E-state index in [2.05, 4.69) is 4.98 Å². The van der Waals surface area contributed by atoms with Crippen LogP contribution in [0.5, 0.6) is 0 Å². The molecular weight excluding hydrogens is 223 g/mol. The van der Waals surface area contributed by atoms with Gasteiger partial charge in [0.1, 0.15) is 5.69 Å². The smallest absolute Gasteiger partial charge is 0.194 e. The molecule has 0 fully saturated rings. The van der Waals surface area contributed by atoms with E-state index < -0.39 is 24.1 Å². The fourth-order valence-corrected chi connectivity index (χ4v) is 1.30. The van der Waals surface area contributed by atoms with E-state index in [9.17, 15) is 13.2 Å². The largest absolute Gasteiger partial charge is 0.443 e. The molecule has 2 aromatic rings. The van der Waals surface area contributed by atoms with Crippen LogP contribution in [-0.2, 0) is 6.61 Å². The van der Waals surface area contributed by atoms with Crippen LogP contribution in [0.1, 0.15) is 5.69 Å². The number of aliphatic hydroxyl groups is 1. The Morgan fingerprint density at radius 3 is 2.38 bits per heavy atom. The van der Waals surface area contributed by atoms with Gasteiger partial charge in [0.15, 0.2) is 29.6 Å². The van der Waals surface area contributed by atoms with Crippen molar-refractivity contribution in [3.63, 3.8) is 0 Å². The van der Waals surface area contributed by atoms with Crippen molar-refractivity contribution >= 4 is 0 Å². The van der Waals surface area contributed by atoms with Crippen molar-refractivity contribution in [2.24, 2.45) is 0 Å². The average molecular weight is 229 g/mol. The van der Waals surface area contributed by atoms with Crippen LogP contribution < -0.4 is 0 Å². The van der Waals surface area contributed by atoms with Crippen molar-refractivity contribution in [3.8, 4) is 11.3 Å². The van der Waals surface area contributed by atoms with Crippen molar-refractivity contribution in [1.29, 1.82) is 0 Å². The highest BCUT2D eigenvalue weighted by Crippen LogP contribution is 2.26. The van der Waals surface area contributed by atoms with Crippen molar-refractivity contribution in [2.75, 3.05) is 0 Å². The van der Waals surface area contributed by atoms with Crippen LogP contribution >= 0.6 is 0 Å². The van der Waals surface area contributed by atoms with E-state index in [4.69, 9.17) is 9.52 Å². The highest BCUT2D eigenvalue weighted by atomic mass is 19.2. The fourth-order valence-electron chi connectivity index (χ4n) is 1.30. The lowest BCUT2D eigenvalue weighted by Crippen LogP contribution is -1.93. The summed E-state index contributed by atoms with van der Waals surface area (Å²) >= 11 is 0. The highest BCUT2D eigenvalue weighted by Gasteiger charge is 2.16. The summed E-state index contributed by atoms with van der Waals surface area (Å²) in [4.78, 5) is 3.64. The summed E-state index contributed by atoms with van der Waals surface area (Å²) in [5, 5.41) is 8.88. The Bertz CT molecular complexity index is 502. The summed E-state index contributed by atoms with van der Waals surface area (Å²) < 4.78 is 43.4. The van der Waals surface area contributed by atoms with E-state index in [-0.39, 0.29) is 17.0 Å². The van der Waals surface area contributed by atoms with Crippen LogP contribution in [0.15, 0.2) is 22.9 Å². The van der Waals surface area contributed by atoms with Crippen molar-refractivity contribution in [1.82, 2.24) is 4.98 Å². The van der Waals surface area contributed by atoms with Gasteiger partial charge >= 0.3 is 0 Å². The van der Waals surface area contributed by atoms with Crippen LogP contribution in [0.2, 0.25) is 0 Å².